The van der Waals surface area contributed by atoms with E-state index in [2.05, 4.69) is 17.6 Å². The maximum atomic E-state index is 5.59. The van der Waals surface area contributed by atoms with E-state index in [0.717, 1.165) is 24.3 Å². The zero-order chi connectivity index (χ0) is 11.8. The third kappa shape index (κ3) is 4.98. The first-order valence-corrected chi connectivity index (χ1v) is 6.03. The number of nitrogens with one attached hydrogen (secondary N) is 2. The lowest BCUT2D eigenvalue weighted by Gasteiger charge is -2.10. The van der Waals surface area contributed by atoms with E-state index in [4.69, 9.17) is 18.0 Å². The first-order valence-electron chi connectivity index (χ1n) is 5.62. The van der Waals surface area contributed by atoms with Crippen LogP contribution in [0.1, 0.15) is 26.2 Å². The zero-order valence-corrected chi connectivity index (χ0v) is 10.4. The lowest BCUT2D eigenvalue weighted by Crippen LogP contribution is -2.29. The molecule has 16 heavy (non-hydrogen) atoms. The molecular weight excluding hydrogens is 218 g/mol. The van der Waals surface area contributed by atoms with Gasteiger partial charge >= 0.3 is 0 Å². The average Bonchev–Trinajstić information content (AvgIpc) is 2.28. The Morgan fingerprint density at radius 1 is 1.25 bits per heavy atom. The van der Waals surface area contributed by atoms with E-state index >= 15 is 0 Å². The van der Waals surface area contributed by atoms with Gasteiger partial charge < -0.3 is 16.4 Å². The standard InChI is InChI=1S/C12H19N3S/c1-2-3-4-9-14-12(16)15-11-7-5-10(13)6-8-11/h5-8H,2-4,9,13H2,1H3,(H2,14,15,16). The van der Waals surface area contributed by atoms with Gasteiger partial charge in [0, 0.05) is 17.9 Å². The minimum absolute atomic E-state index is 0.667. The minimum Gasteiger partial charge on any atom is -0.399 e. The van der Waals surface area contributed by atoms with Gasteiger partial charge in [-0.1, -0.05) is 19.8 Å². The molecule has 0 saturated carbocycles. The van der Waals surface area contributed by atoms with Gasteiger partial charge in [0.1, 0.15) is 0 Å². The van der Waals surface area contributed by atoms with Gasteiger partial charge in [0.15, 0.2) is 5.11 Å². The van der Waals surface area contributed by atoms with Crippen LogP contribution in [0.25, 0.3) is 0 Å². The Balaban J connectivity index is 2.26. The fourth-order valence-corrected chi connectivity index (χ4v) is 1.54. The minimum atomic E-state index is 0.667. The van der Waals surface area contributed by atoms with Crippen molar-refractivity contribution in [2.24, 2.45) is 0 Å². The van der Waals surface area contributed by atoms with E-state index in [0.29, 0.717) is 5.11 Å². The van der Waals surface area contributed by atoms with Crippen LogP contribution in [0.2, 0.25) is 0 Å². The monoisotopic (exact) mass is 237 g/mol. The summed E-state index contributed by atoms with van der Waals surface area (Å²) < 4.78 is 0. The largest absolute Gasteiger partial charge is 0.399 e. The van der Waals surface area contributed by atoms with Crippen molar-refractivity contribution in [1.82, 2.24) is 5.32 Å². The molecule has 4 heteroatoms. The Morgan fingerprint density at radius 3 is 2.56 bits per heavy atom. The Bertz CT molecular complexity index is 322. The molecule has 1 aromatic rings. The number of nitrogen functional groups attached to an aromatic ring is 1. The zero-order valence-electron chi connectivity index (χ0n) is 9.62. The third-order valence-electron chi connectivity index (χ3n) is 2.23. The van der Waals surface area contributed by atoms with Crippen molar-refractivity contribution in [2.75, 3.05) is 17.6 Å². The molecule has 0 bridgehead atoms. The van der Waals surface area contributed by atoms with Crippen LogP contribution < -0.4 is 16.4 Å². The molecule has 0 amide bonds. The fraction of sp³-hybridized carbons (Fsp3) is 0.417. The Kier molecular flexibility index (Phi) is 5.64. The molecule has 0 spiro atoms. The number of rotatable bonds is 5. The molecule has 0 aliphatic heterocycles. The van der Waals surface area contributed by atoms with Gasteiger partial charge in [-0.05, 0) is 42.9 Å². The summed E-state index contributed by atoms with van der Waals surface area (Å²) in [5.74, 6) is 0. The van der Waals surface area contributed by atoms with Gasteiger partial charge in [0.05, 0.1) is 0 Å². The SMILES string of the molecule is CCCCCNC(=S)Nc1ccc(N)cc1. The molecule has 88 valence electrons. The molecule has 1 rings (SSSR count). The van der Waals surface area contributed by atoms with Gasteiger partial charge in [0.25, 0.3) is 0 Å². The van der Waals surface area contributed by atoms with E-state index < -0.39 is 0 Å². The number of thiocarbonyl (C=S) groups is 1. The summed E-state index contributed by atoms with van der Waals surface area (Å²) in [4.78, 5) is 0. The summed E-state index contributed by atoms with van der Waals surface area (Å²) in [6, 6.07) is 7.52. The van der Waals surface area contributed by atoms with Crippen molar-refractivity contribution in [3.63, 3.8) is 0 Å². The summed E-state index contributed by atoms with van der Waals surface area (Å²) in [6.45, 7) is 3.11. The molecule has 3 nitrogen and oxygen atoms in total. The van der Waals surface area contributed by atoms with Crippen molar-refractivity contribution in [3.8, 4) is 0 Å². The van der Waals surface area contributed by atoms with Gasteiger partial charge in [-0.25, -0.2) is 0 Å². The number of unbranched alkanes of at least 4 members (excludes halogenated alkanes) is 2. The quantitative estimate of drug-likeness (QED) is 0.419. The molecule has 0 radical (unpaired) electrons. The molecule has 0 aliphatic rings. The van der Waals surface area contributed by atoms with Crippen LogP contribution in [0, 0.1) is 0 Å². The Morgan fingerprint density at radius 2 is 1.94 bits per heavy atom. The molecule has 0 saturated heterocycles. The van der Waals surface area contributed by atoms with Crippen molar-refractivity contribution in [1.29, 1.82) is 0 Å². The number of anilines is 2. The highest BCUT2D eigenvalue weighted by Crippen LogP contribution is 2.09. The molecular formula is C12H19N3S. The lowest BCUT2D eigenvalue weighted by atomic mass is 10.2. The summed E-state index contributed by atoms with van der Waals surface area (Å²) in [5, 5.41) is 6.95. The number of nitrogens with two attached hydrogens (primary N) is 1. The average molecular weight is 237 g/mol. The molecule has 0 heterocycles. The predicted octanol–water partition coefficient (Wildman–Crippen LogP) is 2.75. The van der Waals surface area contributed by atoms with Crippen molar-refractivity contribution in [3.05, 3.63) is 24.3 Å². The number of benzene rings is 1. The van der Waals surface area contributed by atoms with Gasteiger partial charge in [-0.3, -0.25) is 0 Å². The molecule has 0 atom stereocenters. The van der Waals surface area contributed by atoms with Crippen molar-refractivity contribution in [2.45, 2.75) is 26.2 Å². The number of hydrogen-bond acceptors (Lipinski definition) is 2. The summed E-state index contributed by atoms with van der Waals surface area (Å²) in [5.41, 5.74) is 7.31. The van der Waals surface area contributed by atoms with Crippen LogP contribution in [0.15, 0.2) is 24.3 Å². The molecule has 4 N–H and O–H groups in total. The van der Waals surface area contributed by atoms with Crippen LogP contribution in [-0.2, 0) is 0 Å². The lowest BCUT2D eigenvalue weighted by molar-refractivity contribution is 0.698. The highest BCUT2D eigenvalue weighted by molar-refractivity contribution is 7.80. The second-order valence-corrected chi connectivity index (χ2v) is 4.12. The molecule has 0 aromatic heterocycles. The van der Waals surface area contributed by atoms with Crippen molar-refractivity contribution < 1.29 is 0 Å². The first kappa shape index (κ1) is 12.8. The predicted molar refractivity (Wildman–Crippen MR) is 74.6 cm³/mol. The summed E-state index contributed by atoms with van der Waals surface area (Å²) >= 11 is 5.16. The Hall–Kier alpha value is -1.29. The fourth-order valence-electron chi connectivity index (χ4n) is 1.32. The number of hydrogen-bond donors (Lipinski definition) is 3. The molecule has 0 fully saturated rings. The molecule has 0 aliphatic carbocycles. The summed E-state index contributed by atoms with van der Waals surface area (Å²) in [6.07, 6.45) is 3.61. The maximum Gasteiger partial charge on any atom is 0.170 e. The van der Waals surface area contributed by atoms with Crippen LogP contribution in [0.5, 0.6) is 0 Å². The van der Waals surface area contributed by atoms with E-state index in [1.807, 2.05) is 24.3 Å². The van der Waals surface area contributed by atoms with Crippen LogP contribution in [0.3, 0.4) is 0 Å². The third-order valence-corrected chi connectivity index (χ3v) is 2.48. The first-order chi connectivity index (χ1) is 7.72. The van der Waals surface area contributed by atoms with Gasteiger partial charge in [-0.15, -0.1) is 0 Å². The highest BCUT2D eigenvalue weighted by atomic mass is 32.1. The van der Waals surface area contributed by atoms with Crippen LogP contribution >= 0.6 is 12.2 Å². The maximum absolute atomic E-state index is 5.59. The van der Waals surface area contributed by atoms with E-state index in [1.165, 1.54) is 12.8 Å². The second-order valence-electron chi connectivity index (χ2n) is 3.71. The second kappa shape index (κ2) is 7.06. The summed E-state index contributed by atoms with van der Waals surface area (Å²) in [7, 11) is 0. The molecule has 1 aromatic carbocycles. The van der Waals surface area contributed by atoms with Gasteiger partial charge in [-0.2, -0.15) is 0 Å². The van der Waals surface area contributed by atoms with E-state index in [-0.39, 0.29) is 0 Å². The van der Waals surface area contributed by atoms with E-state index in [1.54, 1.807) is 0 Å². The van der Waals surface area contributed by atoms with Crippen LogP contribution in [0.4, 0.5) is 11.4 Å². The smallest absolute Gasteiger partial charge is 0.170 e. The Labute approximate surface area is 102 Å². The normalized spacial score (nSPS) is 9.81. The molecule has 0 unspecified atom stereocenters. The van der Waals surface area contributed by atoms with Crippen molar-refractivity contribution >= 4 is 28.7 Å². The van der Waals surface area contributed by atoms with Gasteiger partial charge in [0.2, 0.25) is 0 Å². The van der Waals surface area contributed by atoms with Crippen LogP contribution in [-0.4, -0.2) is 11.7 Å². The highest BCUT2D eigenvalue weighted by Gasteiger charge is 1.96. The van der Waals surface area contributed by atoms with E-state index in [9.17, 15) is 0 Å². The topological polar surface area (TPSA) is 50.1 Å².